The number of benzene rings is 3. The van der Waals surface area contributed by atoms with Gasteiger partial charge in [0.15, 0.2) is 11.5 Å². The Morgan fingerprint density at radius 3 is 2.32 bits per heavy atom. The van der Waals surface area contributed by atoms with E-state index in [0.29, 0.717) is 25.2 Å². The van der Waals surface area contributed by atoms with Crippen molar-refractivity contribution in [2.45, 2.75) is 62.4 Å². The summed E-state index contributed by atoms with van der Waals surface area (Å²) in [6.45, 7) is 2.08. The van der Waals surface area contributed by atoms with Crippen molar-refractivity contribution in [3.8, 4) is 11.5 Å². The number of nitrogens with one attached hydrogen (secondary N) is 1. The second-order valence-electron chi connectivity index (χ2n) is 11.0. The Morgan fingerprint density at radius 2 is 1.64 bits per heavy atom. The first-order chi connectivity index (χ1) is 21.3. The van der Waals surface area contributed by atoms with Gasteiger partial charge in [-0.3, -0.25) is 13.9 Å². The van der Waals surface area contributed by atoms with Crippen molar-refractivity contribution in [3.63, 3.8) is 0 Å². The van der Waals surface area contributed by atoms with E-state index in [4.69, 9.17) is 9.47 Å². The zero-order valence-corrected chi connectivity index (χ0v) is 25.6. The summed E-state index contributed by atoms with van der Waals surface area (Å²) in [4.78, 5) is 29.1. The number of halogens is 1. The lowest BCUT2D eigenvalue weighted by atomic mass is 10.1. The molecule has 1 heterocycles. The molecule has 0 bridgehead atoms. The van der Waals surface area contributed by atoms with Gasteiger partial charge in [-0.25, -0.2) is 12.8 Å². The Bertz CT molecular complexity index is 1550. The van der Waals surface area contributed by atoms with Crippen LogP contribution in [0.15, 0.2) is 77.7 Å². The number of carbonyl (C=O) groups is 2. The van der Waals surface area contributed by atoms with Crippen LogP contribution in [0, 0.1) is 5.82 Å². The first kappa shape index (κ1) is 31.3. The van der Waals surface area contributed by atoms with Gasteiger partial charge in [-0.1, -0.05) is 50.1 Å². The third-order valence-electron chi connectivity index (χ3n) is 8.07. The van der Waals surface area contributed by atoms with Gasteiger partial charge >= 0.3 is 0 Å². The van der Waals surface area contributed by atoms with Crippen molar-refractivity contribution in [2.24, 2.45) is 0 Å². The molecule has 1 aliphatic heterocycles. The highest BCUT2D eigenvalue weighted by molar-refractivity contribution is 7.92. The van der Waals surface area contributed by atoms with Crippen LogP contribution in [-0.4, -0.2) is 63.5 Å². The van der Waals surface area contributed by atoms with Crippen molar-refractivity contribution in [1.82, 2.24) is 10.2 Å². The maximum atomic E-state index is 14.2. The normalized spacial score (nSPS) is 15.4. The fraction of sp³-hybridized carbons (Fsp3) is 0.394. The quantitative estimate of drug-likeness (QED) is 0.314. The highest BCUT2D eigenvalue weighted by Gasteiger charge is 2.35. The van der Waals surface area contributed by atoms with Gasteiger partial charge in [0.05, 0.1) is 10.6 Å². The molecule has 2 aliphatic rings. The van der Waals surface area contributed by atoms with Gasteiger partial charge in [-0.15, -0.1) is 0 Å². The van der Waals surface area contributed by atoms with Crippen LogP contribution in [0.1, 0.15) is 44.6 Å². The monoisotopic (exact) mass is 623 g/mol. The molecule has 3 aromatic rings. The Kier molecular flexibility index (Phi) is 10.0. The average molecular weight is 624 g/mol. The van der Waals surface area contributed by atoms with Crippen molar-refractivity contribution in [3.05, 3.63) is 84.2 Å². The van der Waals surface area contributed by atoms with Crippen LogP contribution in [0.25, 0.3) is 0 Å². The molecule has 2 amide bonds. The Morgan fingerprint density at radius 1 is 0.955 bits per heavy atom. The van der Waals surface area contributed by atoms with E-state index in [1.807, 2.05) is 37.3 Å². The molecule has 1 atom stereocenters. The number of hydrogen-bond donors (Lipinski definition) is 1. The molecule has 0 spiro atoms. The van der Waals surface area contributed by atoms with Crippen LogP contribution in [0.5, 0.6) is 11.5 Å². The van der Waals surface area contributed by atoms with E-state index in [9.17, 15) is 22.4 Å². The summed E-state index contributed by atoms with van der Waals surface area (Å²) in [5.41, 5.74) is 1.09. The second kappa shape index (κ2) is 14.1. The standard InChI is InChI=1S/C33H38FN3O6S/c1-2-29(33(39)35-26-10-6-7-11-26)36(19-18-24-8-4-3-5-9-24)32(38)23-37(27-14-12-25(34)13-15-27)44(40,41)28-16-17-30-31(22-28)43-21-20-42-30/h3-5,8-9,12-17,22,26,29H,2,6-7,10-11,18-21,23H2,1H3,(H,35,39). The molecule has 1 saturated carbocycles. The molecule has 0 aromatic heterocycles. The van der Waals surface area contributed by atoms with Crippen LogP contribution < -0.4 is 19.1 Å². The largest absolute Gasteiger partial charge is 0.486 e. The molecule has 234 valence electrons. The van der Waals surface area contributed by atoms with Gasteiger partial charge in [0.1, 0.15) is 31.6 Å². The zero-order valence-electron chi connectivity index (χ0n) is 24.8. The van der Waals surface area contributed by atoms with E-state index in [2.05, 4.69) is 5.32 Å². The van der Waals surface area contributed by atoms with Crippen LogP contribution in [-0.2, 0) is 26.0 Å². The lowest BCUT2D eigenvalue weighted by Crippen LogP contribution is -2.54. The summed E-state index contributed by atoms with van der Waals surface area (Å²) in [7, 11) is -4.34. The summed E-state index contributed by atoms with van der Waals surface area (Å²) in [5, 5.41) is 3.11. The molecule has 1 aliphatic carbocycles. The summed E-state index contributed by atoms with van der Waals surface area (Å²) in [5.74, 6) is -0.632. The molecular formula is C33H38FN3O6S. The fourth-order valence-corrected chi connectivity index (χ4v) is 7.14. The molecular weight excluding hydrogens is 585 g/mol. The minimum Gasteiger partial charge on any atom is -0.486 e. The van der Waals surface area contributed by atoms with E-state index in [-0.39, 0.29) is 41.4 Å². The Hall–Kier alpha value is -4.12. The maximum absolute atomic E-state index is 14.2. The number of nitrogens with zero attached hydrogens (tertiary/aromatic N) is 2. The number of sulfonamides is 1. The predicted octanol–water partition coefficient (Wildman–Crippen LogP) is 4.70. The number of carbonyl (C=O) groups excluding carboxylic acids is 2. The van der Waals surface area contributed by atoms with Crippen molar-refractivity contribution < 1.29 is 31.9 Å². The van der Waals surface area contributed by atoms with Crippen molar-refractivity contribution in [1.29, 1.82) is 0 Å². The molecule has 11 heteroatoms. The van der Waals surface area contributed by atoms with Crippen LogP contribution in [0.3, 0.4) is 0 Å². The van der Waals surface area contributed by atoms with Gasteiger partial charge in [0, 0.05) is 18.7 Å². The topological polar surface area (TPSA) is 105 Å². The van der Waals surface area contributed by atoms with Crippen LogP contribution in [0.4, 0.5) is 10.1 Å². The summed E-state index contributed by atoms with van der Waals surface area (Å²) >= 11 is 0. The SMILES string of the molecule is CCC(C(=O)NC1CCCC1)N(CCc1ccccc1)C(=O)CN(c1ccc(F)cc1)S(=O)(=O)c1ccc2c(c1)OCCO2. The van der Waals surface area contributed by atoms with E-state index in [0.717, 1.165) is 47.7 Å². The Balaban J connectivity index is 1.47. The highest BCUT2D eigenvalue weighted by atomic mass is 32.2. The van der Waals surface area contributed by atoms with Gasteiger partial charge in [0.2, 0.25) is 11.8 Å². The Labute approximate surface area is 258 Å². The molecule has 0 radical (unpaired) electrons. The summed E-state index contributed by atoms with van der Waals surface area (Å²) in [6, 6.07) is 18.1. The molecule has 1 N–H and O–H groups in total. The van der Waals surface area contributed by atoms with Crippen LogP contribution >= 0.6 is 0 Å². The van der Waals surface area contributed by atoms with Gasteiger partial charge in [0.25, 0.3) is 10.0 Å². The molecule has 1 unspecified atom stereocenters. The minimum absolute atomic E-state index is 0.0638. The van der Waals surface area contributed by atoms with E-state index in [1.165, 1.54) is 35.2 Å². The third kappa shape index (κ3) is 7.32. The first-order valence-corrected chi connectivity index (χ1v) is 16.5. The smallest absolute Gasteiger partial charge is 0.264 e. The van der Waals surface area contributed by atoms with E-state index >= 15 is 0 Å². The average Bonchev–Trinajstić information content (AvgIpc) is 3.55. The fourth-order valence-electron chi connectivity index (χ4n) is 5.71. The third-order valence-corrected chi connectivity index (χ3v) is 9.84. The van der Waals surface area contributed by atoms with Gasteiger partial charge < -0.3 is 19.7 Å². The molecule has 0 saturated heterocycles. The molecule has 1 fully saturated rings. The molecule has 5 rings (SSSR count). The zero-order chi connectivity index (χ0) is 31.1. The number of ether oxygens (including phenoxy) is 2. The number of fused-ring (bicyclic) bond motifs is 1. The number of hydrogen-bond acceptors (Lipinski definition) is 6. The number of anilines is 1. The molecule has 9 nitrogen and oxygen atoms in total. The first-order valence-electron chi connectivity index (χ1n) is 15.1. The summed E-state index contributed by atoms with van der Waals surface area (Å²) < 4.78 is 54.3. The van der Waals surface area contributed by atoms with Gasteiger partial charge in [-0.05, 0) is 67.6 Å². The van der Waals surface area contributed by atoms with Crippen molar-refractivity contribution in [2.75, 3.05) is 30.6 Å². The lowest BCUT2D eigenvalue weighted by Gasteiger charge is -2.34. The van der Waals surface area contributed by atoms with Crippen LogP contribution in [0.2, 0.25) is 0 Å². The second-order valence-corrected chi connectivity index (χ2v) is 12.9. The molecule has 44 heavy (non-hydrogen) atoms. The number of rotatable bonds is 12. The minimum atomic E-state index is -4.34. The van der Waals surface area contributed by atoms with Gasteiger partial charge in [-0.2, -0.15) is 0 Å². The van der Waals surface area contributed by atoms with Crippen molar-refractivity contribution >= 4 is 27.5 Å². The summed E-state index contributed by atoms with van der Waals surface area (Å²) in [6.07, 6.45) is 4.71. The lowest BCUT2D eigenvalue weighted by molar-refractivity contribution is -0.139. The van der Waals surface area contributed by atoms with E-state index in [1.54, 1.807) is 0 Å². The predicted molar refractivity (Wildman–Crippen MR) is 165 cm³/mol. The maximum Gasteiger partial charge on any atom is 0.264 e. The highest BCUT2D eigenvalue weighted by Crippen LogP contribution is 2.34. The van der Waals surface area contributed by atoms with E-state index < -0.39 is 34.3 Å². The number of amides is 2. The molecule has 3 aromatic carbocycles.